The Kier molecular flexibility index (Phi) is 7.89. The number of anilines is 1. The van der Waals surface area contributed by atoms with Crippen LogP contribution in [0.3, 0.4) is 0 Å². The topological polar surface area (TPSA) is 78.4 Å². The number of benzene rings is 2. The highest BCUT2D eigenvalue weighted by Crippen LogP contribution is 2.32. The molecule has 1 saturated carbocycles. The molecule has 0 aromatic heterocycles. The maximum Gasteiger partial charge on any atom is 0.416 e. The minimum Gasteiger partial charge on any atom is -0.481 e. The molecule has 1 unspecified atom stereocenters. The van der Waals surface area contributed by atoms with E-state index in [0.29, 0.717) is 5.92 Å². The molecule has 0 spiro atoms. The molecule has 0 radical (unpaired) electrons. The minimum absolute atomic E-state index is 0.0119. The number of aliphatic carboxylic acids is 1. The van der Waals surface area contributed by atoms with Crippen LogP contribution in [0, 0.1) is 5.92 Å². The number of nitrogens with one attached hydrogen (secondary N) is 2. The molecule has 1 fully saturated rings. The summed E-state index contributed by atoms with van der Waals surface area (Å²) in [4.78, 5) is 23.6. The van der Waals surface area contributed by atoms with Gasteiger partial charge in [-0.3, -0.25) is 9.59 Å². The van der Waals surface area contributed by atoms with Gasteiger partial charge in [0.2, 0.25) is 0 Å². The van der Waals surface area contributed by atoms with Crippen LogP contribution in [0.4, 0.5) is 18.9 Å². The molecule has 3 rings (SSSR count). The first kappa shape index (κ1) is 24.9. The molecule has 5 nitrogen and oxygen atoms in total. The number of halogens is 4. The predicted molar refractivity (Wildman–Crippen MR) is 121 cm³/mol. The molecular weight excluding hydrogens is 457 g/mol. The molecule has 2 aromatic carbocycles. The Morgan fingerprint density at radius 3 is 2.30 bits per heavy atom. The van der Waals surface area contributed by atoms with Crippen LogP contribution < -0.4 is 10.6 Å². The van der Waals surface area contributed by atoms with Crippen molar-refractivity contribution in [2.45, 2.75) is 50.7 Å². The summed E-state index contributed by atoms with van der Waals surface area (Å²) in [5.41, 5.74) is 0.573. The average Bonchev–Trinajstić information content (AvgIpc) is 2.78. The summed E-state index contributed by atoms with van der Waals surface area (Å²) in [5.74, 6) is -1.62. The molecule has 3 N–H and O–H groups in total. The van der Waals surface area contributed by atoms with E-state index in [2.05, 4.69) is 10.6 Å². The zero-order chi connectivity index (χ0) is 24.2. The summed E-state index contributed by atoms with van der Waals surface area (Å²) in [6, 6.07) is 9.94. The van der Waals surface area contributed by atoms with Gasteiger partial charge in [-0.2, -0.15) is 13.2 Å². The standard InChI is InChI=1S/C24H26ClF3N2O3/c1-14(23(32)33)16-4-9-18(10-5-16)29-13-15-2-7-19(8-3-15)30-22(31)20-12-17(24(26,27)28)6-11-21(20)25/h4-6,9-12,14-15,19,29H,2-3,7-8,13H2,1H3,(H,30,31)(H,32,33)/t14?,15-,19-. The van der Waals surface area contributed by atoms with Crippen molar-refractivity contribution in [1.29, 1.82) is 0 Å². The summed E-state index contributed by atoms with van der Waals surface area (Å²) < 4.78 is 38.8. The fourth-order valence-corrected chi connectivity index (χ4v) is 4.15. The number of hydrogen-bond donors (Lipinski definition) is 3. The van der Waals surface area contributed by atoms with Crippen LogP contribution >= 0.6 is 11.6 Å². The molecule has 0 aliphatic heterocycles. The molecule has 1 amide bonds. The Morgan fingerprint density at radius 1 is 1.09 bits per heavy atom. The monoisotopic (exact) mass is 482 g/mol. The van der Waals surface area contributed by atoms with Crippen molar-refractivity contribution in [2.75, 3.05) is 11.9 Å². The lowest BCUT2D eigenvalue weighted by molar-refractivity contribution is -0.138. The Labute approximate surface area is 195 Å². The molecule has 178 valence electrons. The molecule has 0 heterocycles. The lowest BCUT2D eigenvalue weighted by Gasteiger charge is -2.29. The van der Waals surface area contributed by atoms with Crippen molar-refractivity contribution >= 4 is 29.2 Å². The van der Waals surface area contributed by atoms with Gasteiger partial charge in [-0.1, -0.05) is 23.7 Å². The molecule has 2 aromatic rings. The number of carboxylic acid groups (broad SMARTS) is 1. The van der Waals surface area contributed by atoms with Crippen molar-refractivity contribution in [3.05, 3.63) is 64.2 Å². The average molecular weight is 483 g/mol. The summed E-state index contributed by atoms with van der Waals surface area (Å²) >= 11 is 5.96. The molecule has 0 saturated heterocycles. The van der Waals surface area contributed by atoms with Gasteiger partial charge in [-0.05, 0) is 74.4 Å². The molecular formula is C24H26ClF3N2O3. The summed E-state index contributed by atoms with van der Waals surface area (Å²) in [5, 5.41) is 15.2. The van der Waals surface area contributed by atoms with Gasteiger partial charge in [-0.25, -0.2) is 0 Å². The Bertz CT molecular complexity index is 987. The fourth-order valence-electron chi connectivity index (χ4n) is 3.94. The smallest absolute Gasteiger partial charge is 0.416 e. The zero-order valence-electron chi connectivity index (χ0n) is 18.1. The maximum atomic E-state index is 12.9. The lowest BCUT2D eigenvalue weighted by atomic mass is 9.85. The molecule has 33 heavy (non-hydrogen) atoms. The van der Waals surface area contributed by atoms with Gasteiger partial charge in [0.15, 0.2) is 0 Å². The number of amides is 1. The summed E-state index contributed by atoms with van der Waals surface area (Å²) in [7, 11) is 0. The van der Waals surface area contributed by atoms with E-state index < -0.39 is 29.5 Å². The fraction of sp³-hybridized carbons (Fsp3) is 0.417. The second-order valence-corrected chi connectivity index (χ2v) is 8.85. The van der Waals surface area contributed by atoms with Crippen LogP contribution in [-0.2, 0) is 11.0 Å². The van der Waals surface area contributed by atoms with E-state index in [1.807, 2.05) is 12.1 Å². The Balaban J connectivity index is 1.47. The van der Waals surface area contributed by atoms with Crippen molar-refractivity contribution < 1.29 is 27.9 Å². The molecule has 1 atom stereocenters. The van der Waals surface area contributed by atoms with E-state index in [0.717, 1.165) is 61.7 Å². The summed E-state index contributed by atoms with van der Waals surface area (Å²) in [6.45, 7) is 2.39. The highest BCUT2D eigenvalue weighted by Gasteiger charge is 2.32. The SMILES string of the molecule is CC(C(=O)O)c1ccc(NC[C@H]2CC[C@H](NC(=O)c3cc(C(F)(F)F)ccc3Cl)CC2)cc1. The van der Waals surface area contributed by atoms with E-state index in [9.17, 15) is 22.8 Å². The second kappa shape index (κ2) is 10.5. The van der Waals surface area contributed by atoms with E-state index in [-0.39, 0.29) is 16.6 Å². The molecule has 9 heteroatoms. The van der Waals surface area contributed by atoms with Crippen molar-refractivity contribution in [2.24, 2.45) is 5.92 Å². The first-order chi connectivity index (χ1) is 15.5. The van der Waals surface area contributed by atoms with Gasteiger partial charge in [0.25, 0.3) is 5.91 Å². The maximum absolute atomic E-state index is 12.9. The Hall–Kier alpha value is -2.74. The third-order valence-corrected chi connectivity index (χ3v) is 6.43. The lowest BCUT2D eigenvalue weighted by Crippen LogP contribution is -2.38. The normalized spacial score (nSPS) is 19.5. The van der Waals surface area contributed by atoms with Crippen LogP contribution in [0.5, 0.6) is 0 Å². The van der Waals surface area contributed by atoms with Gasteiger partial charge in [-0.15, -0.1) is 0 Å². The van der Waals surface area contributed by atoms with Gasteiger partial charge >= 0.3 is 12.1 Å². The molecule has 1 aliphatic carbocycles. The van der Waals surface area contributed by atoms with Crippen LogP contribution in [0.2, 0.25) is 5.02 Å². The van der Waals surface area contributed by atoms with E-state index in [4.69, 9.17) is 16.7 Å². The van der Waals surface area contributed by atoms with Gasteiger partial charge in [0.1, 0.15) is 0 Å². The number of hydrogen-bond acceptors (Lipinski definition) is 3. The molecule has 0 bridgehead atoms. The first-order valence-corrected chi connectivity index (χ1v) is 11.2. The number of carbonyl (C=O) groups excluding carboxylic acids is 1. The molecule has 1 aliphatic rings. The van der Waals surface area contributed by atoms with Crippen LogP contribution in [0.25, 0.3) is 0 Å². The first-order valence-electron chi connectivity index (χ1n) is 10.8. The van der Waals surface area contributed by atoms with Crippen LogP contribution in [0.1, 0.15) is 60.0 Å². The minimum atomic E-state index is -4.54. The van der Waals surface area contributed by atoms with Crippen LogP contribution in [0.15, 0.2) is 42.5 Å². The van der Waals surface area contributed by atoms with Crippen LogP contribution in [-0.4, -0.2) is 29.6 Å². The number of rotatable bonds is 7. The second-order valence-electron chi connectivity index (χ2n) is 8.45. The summed E-state index contributed by atoms with van der Waals surface area (Å²) in [6.07, 6.45) is -1.36. The van der Waals surface area contributed by atoms with Crippen molar-refractivity contribution in [3.8, 4) is 0 Å². The highest BCUT2D eigenvalue weighted by molar-refractivity contribution is 6.33. The quantitative estimate of drug-likeness (QED) is 0.456. The third kappa shape index (κ3) is 6.63. The zero-order valence-corrected chi connectivity index (χ0v) is 18.8. The van der Waals surface area contributed by atoms with E-state index in [1.165, 1.54) is 0 Å². The number of carbonyl (C=O) groups is 2. The van der Waals surface area contributed by atoms with Crippen molar-refractivity contribution in [1.82, 2.24) is 5.32 Å². The Morgan fingerprint density at radius 2 is 1.73 bits per heavy atom. The van der Waals surface area contributed by atoms with Gasteiger partial charge in [0, 0.05) is 18.3 Å². The predicted octanol–water partition coefficient (Wildman–Crippen LogP) is 5.95. The third-order valence-electron chi connectivity index (χ3n) is 6.10. The van der Waals surface area contributed by atoms with E-state index in [1.54, 1.807) is 19.1 Å². The van der Waals surface area contributed by atoms with Gasteiger partial charge in [0.05, 0.1) is 22.1 Å². The largest absolute Gasteiger partial charge is 0.481 e. The van der Waals surface area contributed by atoms with Crippen molar-refractivity contribution in [3.63, 3.8) is 0 Å². The van der Waals surface area contributed by atoms with E-state index >= 15 is 0 Å². The number of carboxylic acids is 1. The number of alkyl halides is 3. The van der Waals surface area contributed by atoms with Gasteiger partial charge < -0.3 is 15.7 Å². The highest BCUT2D eigenvalue weighted by atomic mass is 35.5.